The molecule has 0 heterocycles. The van der Waals surface area contributed by atoms with Gasteiger partial charge in [-0.15, -0.1) is 0 Å². The molecule has 18 heavy (non-hydrogen) atoms. The summed E-state index contributed by atoms with van der Waals surface area (Å²) in [5, 5.41) is 12.9. The fourth-order valence-corrected chi connectivity index (χ4v) is 1.77. The van der Waals surface area contributed by atoms with Gasteiger partial charge in [-0.1, -0.05) is 0 Å². The van der Waals surface area contributed by atoms with Gasteiger partial charge in [0.05, 0.1) is 19.3 Å². The first-order valence-electron chi connectivity index (χ1n) is 6.02. The van der Waals surface area contributed by atoms with Crippen LogP contribution in [0.3, 0.4) is 0 Å². The molecule has 1 aliphatic rings. The highest BCUT2D eigenvalue weighted by atomic mass is 19.1. The molecule has 100 valence electrons. The zero-order chi connectivity index (χ0) is 13.1. The monoisotopic (exact) mass is 255 g/mol. The number of hydrogen-bond donors (Lipinski definition) is 2. The predicted molar refractivity (Wildman–Crippen MR) is 65.5 cm³/mol. The van der Waals surface area contributed by atoms with Gasteiger partial charge in [-0.2, -0.15) is 0 Å². The Morgan fingerprint density at radius 1 is 1.50 bits per heavy atom. The molecule has 0 aliphatic heterocycles. The van der Waals surface area contributed by atoms with Crippen LogP contribution in [0.1, 0.15) is 24.5 Å². The average molecular weight is 255 g/mol. The Morgan fingerprint density at radius 3 is 2.78 bits per heavy atom. The van der Waals surface area contributed by atoms with Gasteiger partial charge in [-0.25, -0.2) is 4.39 Å². The Balaban J connectivity index is 2.35. The summed E-state index contributed by atoms with van der Waals surface area (Å²) in [7, 11) is 3.18. The molecule has 2 N–H and O–H groups in total. The third-order valence-electron chi connectivity index (χ3n) is 2.83. The molecule has 0 spiro atoms. The van der Waals surface area contributed by atoms with Gasteiger partial charge in [0.25, 0.3) is 0 Å². The summed E-state index contributed by atoms with van der Waals surface area (Å²) in [4.78, 5) is 0. The lowest BCUT2D eigenvalue weighted by Crippen LogP contribution is -2.18. The van der Waals surface area contributed by atoms with Gasteiger partial charge in [-0.3, -0.25) is 0 Å². The van der Waals surface area contributed by atoms with Crippen molar-refractivity contribution in [3.05, 3.63) is 23.5 Å². The van der Waals surface area contributed by atoms with Crippen molar-refractivity contribution in [3.8, 4) is 11.5 Å². The van der Waals surface area contributed by atoms with Crippen molar-refractivity contribution < 1.29 is 19.0 Å². The summed E-state index contributed by atoms with van der Waals surface area (Å²) in [6.45, 7) is 0.327. The molecule has 1 unspecified atom stereocenters. The van der Waals surface area contributed by atoms with Crippen molar-refractivity contribution >= 4 is 0 Å². The predicted octanol–water partition coefficient (Wildman–Crippen LogP) is 1.63. The molecule has 1 atom stereocenters. The molecule has 0 bridgehead atoms. The third-order valence-corrected chi connectivity index (χ3v) is 2.83. The molecule has 4 nitrogen and oxygen atoms in total. The smallest absolute Gasteiger partial charge is 0.167 e. The second-order valence-electron chi connectivity index (χ2n) is 4.42. The number of halogens is 1. The lowest BCUT2D eigenvalue weighted by atomic mass is 10.1. The number of nitrogens with one attached hydrogen (secondary N) is 1. The van der Waals surface area contributed by atoms with Crippen molar-refractivity contribution in [2.75, 3.05) is 20.7 Å². The highest BCUT2D eigenvalue weighted by Crippen LogP contribution is 2.39. The molecule has 0 amide bonds. The van der Waals surface area contributed by atoms with E-state index in [-0.39, 0.29) is 6.10 Å². The van der Waals surface area contributed by atoms with Gasteiger partial charge in [0, 0.05) is 18.2 Å². The third kappa shape index (κ3) is 2.91. The Labute approximate surface area is 106 Å². The van der Waals surface area contributed by atoms with Crippen LogP contribution in [0.2, 0.25) is 0 Å². The van der Waals surface area contributed by atoms with E-state index in [2.05, 4.69) is 5.32 Å². The minimum atomic E-state index is -0.826. The molecule has 1 saturated carbocycles. The van der Waals surface area contributed by atoms with E-state index in [1.54, 1.807) is 7.05 Å². The molecular weight excluding hydrogens is 237 g/mol. The number of ether oxygens (including phenoxy) is 2. The van der Waals surface area contributed by atoms with E-state index in [4.69, 9.17) is 9.47 Å². The molecular formula is C13H18FNO3. The largest absolute Gasteiger partial charge is 0.493 e. The molecule has 5 heteroatoms. The summed E-state index contributed by atoms with van der Waals surface area (Å²) in [5.41, 5.74) is 0.424. The van der Waals surface area contributed by atoms with Gasteiger partial charge in [0.15, 0.2) is 11.5 Å². The van der Waals surface area contributed by atoms with Crippen LogP contribution in [0.15, 0.2) is 12.1 Å². The minimum Gasteiger partial charge on any atom is -0.493 e. The number of methoxy groups -OCH3 is 1. The second kappa shape index (κ2) is 5.54. The van der Waals surface area contributed by atoms with Crippen LogP contribution in [0.25, 0.3) is 0 Å². The summed E-state index contributed by atoms with van der Waals surface area (Å²) in [6.07, 6.45) is 1.31. The van der Waals surface area contributed by atoms with Crippen molar-refractivity contribution in [2.24, 2.45) is 0 Å². The summed E-state index contributed by atoms with van der Waals surface area (Å²) in [6, 6.07) is 2.57. The number of rotatable bonds is 6. The number of aliphatic hydroxyl groups excluding tert-OH is 1. The fraction of sp³-hybridized carbons (Fsp3) is 0.538. The molecule has 1 aromatic carbocycles. The minimum absolute atomic E-state index is 0.157. The molecule has 1 aliphatic carbocycles. The normalized spacial score (nSPS) is 16.4. The van der Waals surface area contributed by atoms with Crippen LogP contribution >= 0.6 is 0 Å². The number of likely N-dealkylation sites (N-methyl/N-ethyl adjacent to an activating group) is 1. The molecule has 1 aromatic rings. The highest BCUT2D eigenvalue weighted by Gasteiger charge is 2.28. The maximum Gasteiger partial charge on any atom is 0.167 e. The molecule has 1 fully saturated rings. The van der Waals surface area contributed by atoms with E-state index >= 15 is 0 Å². The van der Waals surface area contributed by atoms with Crippen molar-refractivity contribution in [1.29, 1.82) is 0 Å². The van der Waals surface area contributed by atoms with Crippen molar-refractivity contribution in [2.45, 2.75) is 25.0 Å². The van der Waals surface area contributed by atoms with Gasteiger partial charge in [-0.05, 0) is 26.0 Å². The van der Waals surface area contributed by atoms with Gasteiger partial charge < -0.3 is 19.9 Å². The van der Waals surface area contributed by atoms with E-state index in [0.717, 1.165) is 12.8 Å². The van der Waals surface area contributed by atoms with Gasteiger partial charge in [0.1, 0.15) is 5.82 Å². The van der Waals surface area contributed by atoms with E-state index in [1.165, 1.54) is 19.2 Å². The lowest BCUT2D eigenvalue weighted by molar-refractivity contribution is 0.168. The van der Waals surface area contributed by atoms with Crippen LogP contribution < -0.4 is 14.8 Å². The standard InChI is InChI=1S/C13H18FNO3/c1-15-7-11(16)10-5-8(14)6-12(17-2)13(10)18-9-3-4-9/h5-6,9,11,15-16H,3-4,7H2,1-2H3. The van der Waals surface area contributed by atoms with Crippen LogP contribution in [0.5, 0.6) is 11.5 Å². The van der Waals surface area contributed by atoms with E-state index in [0.29, 0.717) is 23.6 Å². The zero-order valence-electron chi connectivity index (χ0n) is 10.6. The van der Waals surface area contributed by atoms with Crippen molar-refractivity contribution in [3.63, 3.8) is 0 Å². The van der Waals surface area contributed by atoms with Crippen LogP contribution in [-0.4, -0.2) is 31.9 Å². The summed E-state index contributed by atoms with van der Waals surface area (Å²) >= 11 is 0. The van der Waals surface area contributed by atoms with E-state index in [1.807, 2.05) is 0 Å². The fourth-order valence-electron chi connectivity index (χ4n) is 1.77. The first-order valence-corrected chi connectivity index (χ1v) is 6.02. The lowest BCUT2D eigenvalue weighted by Gasteiger charge is -2.18. The zero-order valence-corrected chi connectivity index (χ0v) is 10.6. The average Bonchev–Trinajstić information content (AvgIpc) is 3.15. The van der Waals surface area contributed by atoms with Crippen LogP contribution in [-0.2, 0) is 0 Å². The van der Waals surface area contributed by atoms with Crippen molar-refractivity contribution in [1.82, 2.24) is 5.32 Å². The number of hydrogen-bond acceptors (Lipinski definition) is 4. The summed E-state index contributed by atoms with van der Waals surface area (Å²) in [5.74, 6) is 0.330. The molecule has 2 rings (SSSR count). The van der Waals surface area contributed by atoms with Crippen LogP contribution in [0, 0.1) is 5.82 Å². The maximum absolute atomic E-state index is 13.5. The Bertz CT molecular complexity index is 421. The first kappa shape index (κ1) is 13.1. The van der Waals surface area contributed by atoms with Gasteiger partial charge >= 0.3 is 0 Å². The van der Waals surface area contributed by atoms with Crippen LogP contribution in [0.4, 0.5) is 4.39 Å². The quantitative estimate of drug-likeness (QED) is 0.811. The van der Waals surface area contributed by atoms with E-state index < -0.39 is 11.9 Å². The Hall–Kier alpha value is -1.33. The molecule has 0 saturated heterocycles. The molecule has 0 aromatic heterocycles. The van der Waals surface area contributed by atoms with E-state index in [9.17, 15) is 9.50 Å². The SMILES string of the molecule is CNCC(O)c1cc(F)cc(OC)c1OC1CC1. The Kier molecular flexibility index (Phi) is 4.04. The summed E-state index contributed by atoms with van der Waals surface area (Å²) < 4.78 is 24.3. The Morgan fingerprint density at radius 2 is 2.22 bits per heavy atom. The topological polar surface area (TPSA) is 50.7 Å². The van der Waals surface area contributed by atoms with Gasteiger partial charge in [0.2, 0.25) is 0 Å². The maximum atomic E-state index is 13.5. The first-order chi connectivity index (χ1) is 8.65. The number of aliphatic hydroxyl groups is 1. The number of benzene rings is 1. The second-order valence-corrected chi connectivity index (χ2v) is 4.42. The highest BCUT2D eigenvalue weighted by molar-refractivity contribution is 5.48. The molecule has 0 radical (unpaired) electrons.